The lowest BCUT2D eigenvalue weighted by Gasteiger charge is -2.35. The third-order valence-electron chi connectivity index (χ3n) is 4.39. The van der Waals surface area contributed by atoms with Crippen LogP contribution in [0.2, 0.25) is 0 Å². The lowest BCUT2D eigenvalue weighted by atomic mass is 10.1. The number of amides is 1. The van der Waals surface area contributed by atoms with Crippen molar-refractivity contribution in [2.75, 3.05) is 53.0 Å². The van der Waals surface area contributed by atoms with Gasteiger partial charge in [-0.3, -0.25) is 4.99 Å². The molecule has 1 aliphatic rings. The largest absolute Gasteiger partial charge is 0.494 e. The molecule has 1 heterocycles. The summed E-state index contributed by atoms with van der Waals surface area (Å²) in [5, 5.41) is 3.42. The fraction of sp³-hybridized carbons (Fsp3) is 0.600. The summed E-state index contributed by atoms with van der Waals surface area (Å²) in [5.41, 5.74) is 1.23. The van der Waals surface area contributed by atoms with Crippen molar-refractivity contribution >= 4 is 12.1 Å². The van der Waals surface area contributed by atoms with E-state index in [4.69, 9.17) is 9.47 Å². The van der Waals surface area contributed by atoms with E-state index in [9.17, 15) is 4.79 Å². The van der Waals surface area contributed by atoms with Crippen molar-refractivity contribution in [1.82, 2.24) is 15.1 Å². The van der Waals surface area contributed by atoms with Crippen LogP contribution in [0.1, 0.15) is 25.8 Å². The predicted octanol–water partition coefficient (Wildman–Crippen LogP) is 2.37. The fourth-order valence-electron chi connectivity index (χ4n) is 2.98. The first-order chi connectivity index (χ1) is 13.2. The van der Waals surface area contributed by atoms with Crippen LogP contribution < -0.4 is 10.1 Å². The van der Waals surface area contributed by atoms with Gasteiger partial charge in [-0.1, -0.05) is 19.1 Å². The maximum absolute atomic E-state index is 11.8. The zero-order valence-electron chi connectivity index (χ0n) is 16.7. The van der Waals surface area contributed by atoms with Crippen molar-refractivity contribution < 1.29 is 14.3 Å². The molecule has 1 aromatic rings. The quantitative estimate of drug-likeness (QED) is 0.585. The van der Waals surface area contributed by atoms with Crippen molar-refractivity contribution in [3.63, 3.8) is 0 Å². The van der Waals surface area contributed by atoms with Gasteiger partial charge in [-0.05, 0) is 37.5 Å². The minimum Gasteiger partial charge on any atom is -0.494 e. The number of benzene rings is 1. The Kier molecular flexibility index (Phi) is 8.74. The number of aliphatic imine (C=N–C) groups is 1. The zero-order chi connectivity index (χ0) is 19.5. The van der Waals surface area contributed by atoms with Crippen LogP contribution in [-0.4, -0.2) is 74.8 Å². The van der Waals surface area contributed by atoms with Gasteiger partial charge in [0.1, 0.15) is 5.75 Å². The van der Waals surface area contributed by atoms with E-state index in [-0.39, 0.29) is 6.09 Å². The van der Waals surface area contributed by atoms with Gasteiger partial charge in [-0.15, -0.1) is 0 Å². The lowest BCUT2D eigenvalue weighted by molar-refractivity contribution is 0.0915. The maximum Gasteiger partial charge on any atom is 0.409 e. The molecule has 1 aromatic carbocycles. The first-order valence-electron chi connectivity index (χ1n) is 9.77. The molecule has 0 spiro atoms. The van der Waals surface area contributed by atoms with Crippen molar-refractivity contribution in [1.29, 1.82) is 0 Å². The van der Waals surface area contributed by atoms with Gasteiger partial charge in [0, 0.05) is 39.8 Å². The molecule has 0 unspecified atom stereocenters. The summed E-state index contributed by atoms with van der Waals surface area (Å²) in [6, 6.07) is 8.23. The Hall–Kier alpha value is -2.44. The molecule has 1 saturated heterocycles. The van der Waals surface area contributed by atoms with Gasteiger partial charge in [-0.2, -0.15) is 0 Å². The van der Waals surface area contributed by atoms with Crippen LogP contribution in [0.25, 0.3) is 0 Å². The number of rotatable bonds is 7. The molecule has 0 radical (unpaired) electrons. The van der Waals surface area contributed by atoms with Gasteiger partial charge < -0.3 is 24.6 Å². The summed E-state index contributed by atoms with van der Waals surface area (Å²) < 4.78 is 10.8. The highest BCUT2D eigenvalue weighted by molar-refractivity contribution is 5.80. The fourth-order valence-corrected chi connectivity index (χ4v) is 2.98. The number of hydrogen-bond donors (Lipinski definition) is 1. The zero-order valence-corrected chi connectivity index (χ0v) is 16.7. The summed E-state index contributed by atoms with van der Waals surface area (Å²) in [4.78, 5) is 20.1. The third kappa shape index (κ3) is 6.66. The summed E-state index contributed by atoms with van der Waals surface area (Å²) in [6.45, 7) is 8.67. The molecule has 0 saturated carbocycles. The summed E-state index contributed by atoms with van der Waals surface area (Å²) in [6.07, 6.45) is 1.67. The van der Waals surface area contributed by atoms with E-state index in [1.54, 1.807) is 11.9 Å². The molecular weight excluding hydrogens is 344 g/mol. The Bertz CT molecular complexity index is 613. The van der Waals surface area contributed by atoms with Crippen molar-refractivity contribution in [2.24, 2.45) is 4.99 Å². The number of guanidine groups is 1. The number of ether oxygens (including phenoxy) is 2. The minimum atomic E-state index is -0.231. The van der Waals surface area contributed by atoms with Gasteiger partial charge in [-0.25, -0.2) is 4.79 Å². The van der Waals surface area contributed by atoms with E-state index in [0.29, 0.717) is 19.7 Å². The highest BCUT2D eigenvalue weighted by Crippen LogP contribution is 2.14. The van der Waals surface area contributed by atoms with Crippen LogP contribution in [0.5, 0.6) is 5.75 Å². The molecule has 1 aliphatic heterocycles. The number of carbonyl (C=O) groups is 1. The van der Waals surface area contributed by atoms with Gasteiger partial charge >= 0.3 is 6.09 Å². The molecule has 2 rings (SSSR count). The van der Waals surface area contributed by atoms with E-state index < -0.39 is 0 Å². The lowest BCUT2D eigenvalue weighted by Crippen LogP contribution is -2.54. The molecule has 1 amide bonds. The average Bonchev–Trinajstić information content (AvgIpc) is 2.70. The summed E-state index contributed by atoms with van der Waals surface area (Å²) >= 11 is 0. The van der Waals surface area contributed by atoms with Gasteiger partial charge in [0.05, 0.1) is 13.2 Å². The van der Waals surface area contributed by atoms with E-state index in [1.807, 2.05) is 19.1 Å². The Balaban J connectivity index is 1.77. The molecule has 0 atom stereocenters. The number of piperazine rings is 1. The number of hydrogen-bond acceptors (Lipinski definition) is 4. The molecule has 1 fully saturated rings. The van der Waals surface area contributed by atoms with Crippen LogP contribution >= 0.6 is 0 Å². The van der Waals surface area contributed by atoms with Crippen molar-refractivity contribution in [2.45, 2.75) is 26.7 Å². The smallest absolute Gasteiger partial charge is 0.409 e. The van der Waals surface area contributed by atoms with Crippen molar-refractivity contribution in [3.8, 4) is 5.75 Å². The average molecular weight is 377 g/mol. The summed E-state index contributed by atoms with van der Waals surface area (Å²) in [7, 11) is 1.79. The number of carbonyl (C=O) groups excluding carboxylic acids is 1. The molecule has 0 bridgehead atoms. The highest BCUT2D eigenvalue weighted by atomic mass is 16.6. The highest BCUT2D eigenvalue weighted by Gasteiger charge is 2.23. The molecule has 7 heteroatoms. The Morgan fingerprint density at radius 3 is 2.59 bits per heavy atom. The van der Waals surface area contributed by atoms with Crippen molar-refractivity contribution in [3.05, 3.63) is 29.8 Å². The van der Waals surface area contributed by atoms with Crippen LogP contribution in [0.15, 0.2) is 29.3 Å². The third-order valence-corrected chi connectivity index (χ3v) is 4.39. The molecule has 7 nitrogen and oxygen atoms in total. The van der Waals surface area contributed by atoms with E-state index >= 15 is 0 Å². The Morgan fingerprint density at radius 1 is 1.19 bits per heavy atom. The van der Waals surface area contributed by atoms with E-state index in [2.05, 4.69) is 34.3 Å². The van der Waals surface area contributed by atoms with Crippen LogP contribution in [0.4, 0.5) is 4.79 Å². The van der Waals surface area contributed by atoms with Gasteiger partial charge in [0.25, 0.3) is 0 Å². The second kappa shape index (κ2) is 11.3. The first kappa shape index (κ1) is 20.9. The first-order valence-corrected chi connectivity index (χ1v) is 9.77. The van der Waals surface area contributed by atoms with E-state index in [0.717, 1.165) is 50.8 Å². The van der Waals surface area contributed by atoms with Gasteiger partial charge in [0.15, 0.2) is 5.96 Å². The molecule has 150 valence electrons. The van der Waals surface area contributed by atoms with Crippen LogP contribution in [0.3, 0.4) is 0 Å². The second-order valence-electron chi connectivity index (χ2n) is 6.39. The Labute approximate surface area is 162 Å². The maximum atomic E-state index is 11.8. The summed E-state index contributed by atoms with van der Waals surface area (Å²) in [5.74, 6) is 1.80. The standard InChI is InChI=1S/C20H32N4O3/c1-4-15-27-18-8-6-7-17(16-18)9-10-22-19(21-3)23-11-13-24(14-12-23)20(25)26-5-2/h6-8,16H,4-5,9-15H2,1-3H3,(H,21,22). The molecule has 0 aliphatic carbocycles. The topological polar surface area (TPSA) is 66.4 Å². The number of nitrogens with zero attached hydrogens (tertiary/aromatic N) is 3. The minimum absolute atomic E-state index is 0.231. The second-order valence-corrected chi connectivity index (χ2v) is 6.39. The predicted molar refractivity (Wildman–Crippen MR) is 107 cm³/mol. The normalized spacial score (nSPS) is 14.9. The molecular formula is C20H32N4O3. The molecule has 27 heavy (non-hydrogen) atoms. The van der Waals surface area contributed by atoms with E-state index in [1.165, 1.54) is 5.56 Å². The van der Waals surface area contributed by atoms with Crippen LogP contribution in [0, 0.1) is 0 Å². The number of nitrogens with one attached hydrogen (secondary N) is 1. The Morgan fingerprint density at radius 2 is 1.93 bits per heavy atom. The molecule has 0 aromatic heterocycles. The molecule has 1 N–H and O–H groups in total. The monoisotopic (exact) mass is 376 g/mol. The SMILES string of the molecule is CCCOc1cccc(CCNC(=NC)N2CCN(C(=O)OCC)CC2)c1. The van der Waals surface area contributed by atoms with Crippen LogP contribution in [-0.2, 0) is 11.2 Å². The van der Waals surface area contributed by atoms with Gasteiger partial charge in [0.2, 0.25) is 0 Å².